The van der Waals surface area contributed by atoms with Crippen molar-refractivity contribution >= 4 is 7.26 Å². The molecule has 0 radical (unpaired) electrons. The fourth-order valence-electron chi connectivity index (χ4n) is 3.55. The summed E-state index contributed by atoms with van der Waals surface area (Å²) in [6.07, 6.45) is 6.06. The SMILES string of the molecule is CC(C)C[P+](CC(C)C)(CC(C)C)CC(C)C.[OH-]. The van der Waals surface area contributed by atoms with Crippen LogP contribution in [0.15, 0.2) is 0 Å². The van der Waals surface area contributed by atoms with Gasteiger partial charge in [-0.15, -0.1) is 0 Å². The van der Waals surface area contributed by atoms with Crippen LogP contribution in [0.2, 0.25) is 0 Å². The first kappa shape index (κ1) is 20.7. The highest BCUT2D eigenvalue weighted by atomic mass is 31.2. The van der Waals surface area contributed by atoms with Crippen LogP contribution in [0, 0.1) is 23.7 Å². The third kappa shape index (κ3) is 9.34. The van der Waals surface area contributed by atoms with Crippen LogP contribution < -0.4 is 0 Å². The molecule has 0 aliphatic heterocycles. The highest BCUT2D eigenvalue weighted by Crippen LogP contribution is 2.63. The zero-order chi connectivity index (χ0) is 13.6. The van der Waals surface area contributed by atoms with Gasteiger partial charge in [0.25, 0.3) is 0 Å². The van der Waals surface area contributed by atoms with Crippen LogP contribution in [-0.4, -0.2) is 30.1 Å². The van der Waals surface area contributed by atoms with Crippen molar-refractivity contribution in [1.82, 2.24) is 0 Å². The molecule has 0 unspecified atom stereocenters. The van der Waals surface area contributed by atoms with Gasteiger partial charge in [-0.1, -0.05) is 55.4 Å². The van der Waals surface area contributed by atoms with Gasteiger partial charge in [0.2, 0.25) is 0 Å². The number of rotatable bonds is 8. The topological polar surface area (TPSA) is 30.0 Å². The molecule has 0 aliphatic carbocycles. The Hall–Kier alpha value is 0.390. The van der Waals surface area contributed by atoms with Crippen molar-refractivity contribution in [3.8, 4) is 0 Å². The molecule has 0 aromatic rings. The molecule has 0 rings (SSSR count). The van der Waals surface area contributed by atoms with Gasteiger partial charge in [-0.2, -0.15) is 0 Å². The second-order valence-corrected chi connectivity index (χ2v) is 11.8. The average Bonchev–Trinajstić information content (AvgIpc) is 1.95. The average molecular weight is 276 g/mol. The Morgan fingerprint density at radius 2 is 0.667 bits per heavy atom. The van der Waals surface area contributed by atoms with E-state index in [1.54, 1.807) is 0 Å². The monoisotopic (exact) mass is 276 g/mol. The summed E-state index contributed by atoms with van der Waals surface area (Å²) in [5.74, 6) is 3.50. The lowest BCUT2D eigenvalue weighted by Gasteiger charge is -2.33. The van der Waals surface area contributed by atoms with E-state index in [0.717, 1.165) is 23.7 Å². The van der Waals surface area contributed by atoms with Crippen LogP contribution in [0.4, 0.5) is 0 Å². The van der Waals surface area contributed by atoms with Gasteiger partial charge in [0.1, 0.15) is 0 Å². The van der Waals surface area contributed by atoms with Crippen molar-refractivity contribution in [2.45, 2.75) is 55.4 Å². The zero-order valence-electron chi connectivity index (χ0n) is 14.0. The second kappa shape index (κ2) is 9.32. The summed E-state index contributed by atoms with van der Waals surface area (Å²) in [4.78, 5) is 0. The fraction of sp³-hybridized carbons (Fsp3) is 1.00. The van der Waals surface area contributed by atoms with Crippen molar-refractivity contribution in [3.63, 3.8) is 0 Å². The van der Waals surface area contributed by atoms with Crippen molar-refractivity contribution in [1.29, 1.82) is 0 Å². The van der Waals surface area contributed by atoms with Gasteiger partial charge in [-0.25, -0.2) is 0 Å². The lowest BCUT2D eigenvalue weighted by Crippen LogP contribution is -2.22. The third-order valence-electron chi connectivity index (χ3n) is 3.01. The molecular weight excluding hydrogens is 239 g/mol. The molecule has 18 heavy (non-hydrogen) atoms. The van der Waals surface area contributed by atoms with Crippen molar-refractivity contribution in [2.24, 2.45) is 23.7 Å². The number of hydrogen-bond donors (Lipinski definition) is 0. The fourth-order valence-corrected chi connectivity index (χ4v) is 10.6. The van der Waals surface area contributed by atoms with E-state index in [9.17, 15) is 0 Å². The number of hydrogen-bond acceptors (Lipinski definition) is 1. The molecule has 0 saturated heterocycles. The van der Waals surface area contributed by atoms with Crippen LogP contribution in [0.3, 0.4) is 0 Å². The van der Waals surface area contributed by atoms with Crippen LogP contribution >= 0.6 is 7.26 Å². The lowest BCUT2D eigenvalue weighted by atomic mass is 10.2. The molecule has 0 spiro atoms. The summed E-state index contributed by atoms with van der Waals surface area (Å²) in [6.45, 7) is 19.3. The van der Waals surface area contributed by atoms with Gasteiger partial charge >= 0.3 is 0 Å². The Balaban J connectivity index is 0. The standard InChI is InChI=1S/C16H36P.H2O/c1-13(2)9-17(10-14(3)4,11-15(5)6)12-16(7)8;/h13-16H,9-12H2,1-8H3;1H2/q+1;/p-1. The first-order valence-electron chi connectivity index (χ1n) is 7.52. The molecule has 0 amide bonds. The summed E-state index contributed by atoms with van der Waals surface area (Å²) < 4.78 is 0. The predicted molar refractivity (Wildman–Crippen MR) is 87.7 cm³/mol. The summed E-state index contributed by atoms with van der Waals surface area (Å²) in [7, 11) is -0.721. The minimum atomic E-state index is -0.721. The van der Waals surface area contributed by atoms with E-state index in [2.05, 4.69) is 55.4 Å². The van der Waals surface area contributed by atoms with E-state index in [1.165, 1.54) is 24.6 Å². The summed E-state index contributed by atoms with van der Waals surface area (Å²) >= 11 is 0. The van der Waals surface area contributed by atoms with Gasteiger partial charge in [0, 0.05) is 7.26 Å². The minimum Gasteiger partial charge on any atom is -0.870 e. The van der Waals surface area contributed by atoms with E-state index in [1.807, 2.05) is 0 Å². The molecule has 0 aromatic heterocycles. The molecule has 0 fully saturated rings. The van der Waals surface area contributed by atoms with Crippen molar-refractivity contribution in [3.05, 3.63) is 0 Å². The van der Waals surface area contributed by atoms with Gasteiger partial charge in [-0.3, -0.25) is 0 Å². The van der Waals surface area contributed by atoms with E-state index >= 15 is 0 Å². The maximum atomic E-state index is 2.41. The largest absolute Gasteiger partial charge is 0.870 e. The van der Waals surface area contributed by atoms with E-state index < -0.39 is 7.26 Å². The Morgan fingerprint density at radius 1 is 0.500 bits per heavy atom. The van der Waals surface area contributed by atoms with Gasteiger partial charge in [0.05, 0.1) is 24.6 Å². The van der Waals surface area contributed by atoms with E-state index in [4.69, 9.17) is 0 Å². The molecule has 112 valence electrons. The maximum absolute atomic E-state index is 2.41. The molecule has 0 heterocycles. The molecule has 0 saturated carbocycles. The van der Waals surface area contributed by atoms with E-state index in [-0.39, 0.29) is 5.48 Å². The molecule has 0 bridgehead atoms. The first-order chi connectivity index (χ1) is 7.67. The molecule has 1 N–H and O–H groups in total. The Kier molecular flexibility index (Phi) is 10.7. The third-order valence-corrected chi connectivity index (χ3v) is 9.03. The van der Waals surface area contributed by atoms with Crippen LogP contribution in [-0.2, 0) is 0 Å². The van der Waals surface area contributed by atoms with Gasteiger partial charge in [0.15, 0.2) is 0 Å². The predicted octanol–water partition coefficient (Wildman–Crippen LogP) is 5.45. The van der Waals surface area contributed by atoms with Crippen LogP contribution in [0.25, 0.3) is 0 Å². The smallest absolute Gasteiger partial charge is 0.0617 e. The molecule has 0 aromatic carbocycles. The zero-order valence-corrected chi connectivity index (χ0v) is 14.9. The van der Waals surface area contributed by atoms with Gasteiger partial charge in [-0.05, 0) is 23.7 Å². The maximum Gasteiger partial charge on any atom is 0.0617 e. The molecule has 2 heteroatoms. The Morgan fingerprint density at radius 3 is 0.778 bits per heavy atom. The minimum absolute atomic E-state index is 0. The van der Waals surface area contributed by atoms with Crippen molar-refractivity contribution in [2.75, 3.05) is 24.6 Å². The molecule has 1 nitrogen and oxygen atoms in total. The lowest BCUT2D eigenvalue weighted by molar-refractivity contribution is 0.662. The van der Waals surface area contributed by atoms with Crippen LogP contribution in [0.1, 0.15) is 55.4 Å². The Labute approximate surface area is 117 Å². The Bertz CT molecular complexity index is 152. The summed E-state index contributed by atoms with van der Waals surface area (Å²) in [5.41, 5.74) is 0. The van der Waals surface area contributed by atoms with Crippen molar-refractivity contribution < 1.29 is 5.48 Å². The van der Waals surface area contributed by atoms with Gasteiger partial charge < -0.3 is 5.48 Å². The molecule has 0 aliphatic rings. The quantitative estimate of drug-likeness (QED) is 0.542. The highest BCUT2D eigenvalue weighted by molar-refractivity contribution is 7.75. The molecular formula is C16H37OP. The second-order valence-electron chi connectivity index (χ2n) is 7.65. The molecule has 0 atom stereocenters. The summed E-state index contributed by atoms with van der Waals surface area (Å²) in [6, 6.07) is 0. The van der Waals surface area contributed by atoms with E-state index in [0.29, 0.717) is 0 Å². The van der Waals surface area contributed by atoms with Crippen LogP contribution in [0.5, 0.6) is 0 Å². The normalized spacial score (nSPS) is 12.7. The first-order valence-corrected chi connectivity index (χ1v) is 10.0. The highest BCUT2D eigenvalue weighted by Gasteiger charge is 2.39. The summed E-state index contributed by atoms with van der Waals surface area (Å²) in [5, 5.41) is 0.